The predicted molar refractivity (Wildman–Crippen MR) is 77.5 cm³/mol. The summed E-state index contributed by atoms with van der Waals surface area (Å²) in [7, 11) is 0. The summed E-state index contributed by atoms with van der Waals surface area (Å²) in [5, 5.41) is 1.04. The van der Waals surface area contributed by atoms with Gasteiger partial charge in [-0.25, -0.2) is 4.98 Å². The molecule has 2 heterocycles. The number of hydrogen-bond acceptors (Lipinski definition) is 4. The number of carbonyl (C=O) groups is 1. The minimum absolute atomic E-state index is 0.0616. The van der Waals surface area contributed by atoms with Crippen LogP contribution in [0.25, 0.3) is 10.2 Å². The van der Waals surface area contributed by atoms with E-state index in [1.807, 2.05) is 18.3 Å². The molecular weight excluding hydrogens is 312 g/mol. The molecule has 0 radical (unpaired) electrons. The summed E-state index contributed by atoms with van der Waals surface area (Å²) in [5.74, 6) is 0.296. The average Bonchev–Trinajstić information content (AvgIpc) is 2.73. The first-order valence-corrected chi connectivity index (χ1v) is 7.39. The number of aliphatic imine (C=N–C) groups is 1. The molecule has 1 atom stereocenters. The van der Waals surface area contributed by atoms with Crippen LogP contribution in [0.3, 0.4) is 0 Å². The van der Waals surface area contributed by atoms with Crippen molar-refractivity contribution in [2.24, 2.45) is 10.9 Å². The van der Waals surface area contributed by atoms with Crippen molar-refractivity contribution in [2.75, 3.05) is 6.54 Å². The minimum atomic E-state index is 0.0616. The van der Waals surface area contributed by atoms with E-state index < -0.39 is 0 Å². The van der Waals surface area contributed by atoms with Crippen LogP contribution in [0.5, 0.6) is 0 Å². The quantitative estimate of drug-likeness (QED) is 0.851. The number of halogens is 1. The van der Waals surface area contributed by atoms with Crippen molar-refractivity contribution >= 4 is 49.5 Å². The molecule has 0 spiro atoms. The second kappa shape index (κ2) is 4.90. The molecule has 0 bridgehead atoms. The van der Waals surface area contributed by atoms with E-state index in [1.165, 1.54) is 4.70 Å². The predicted octanol–water partition coefficient (Wildman–Crippen LogP) is 3.26. The largest absolute Gasteiger partial charge is 0.297 e. The molecule has 1 aliphatic rings. The highest BCUT2D eigenvalue weighted by Crippen LogP contribution is 2.27. The van der Waals surface area contributed by atoms with Gasteiger partial charge in [-0.2, -0.15) is 0 Å². The molecule has 1 aromatic carbocycles. The van der Waals surface area contributed by atoms with Crippen LogP contribution in [0.1, 0.15) is 11.4 Å². The fraction of sp³-hybridized carbons (Fsp3) is 0.308. The summed E-state index contributed by atoms with van der Waals surface area (Å²) >= 11 is 5.12. The van der Waals surface area contributed by atoms with Gasteiger partial charge in [0.05, 0.1) is 21.8 Å². The monoisotopic (exact) mass is 322 g/mol. The van der Waals surface area contributed by atoms with Crippen LogP contribution in [0.2, 0.25) is 0 Å². The average molecular weight is 323 g/mol. The van der Waals surface area contributed by atoms with Gasteiger partial charge in [-0.05, 0) is 30.8 Å². The third-order valence-corrected chi connectivity index (χ3v) is 4.59. The summed E-state index contributed by atoms with van der Waals surface area (Å²) < 4.78 is 2.21. The topological polar surface area (TPSA) is 42.3 Å². The first kappa shape index (κ1) is 12.0. The number of fused-ring (bicyclic) bond motifs is 1. The first-order chi connectivity index (χ1) is 8.72. The lowest BCUT2D eigenvalue weighted by atomic mass is 9.95. The minimum Gasteiger partial charge on any atom is -0.297 e. The van der Waals surface area contributed by atoms with Gasteiger partial charge < -0.3 is 0 Å². The summed E-state index contributed by atoms with van der Waals surface area (Å²) in [5.41, 5.74) is 1.00. The summed E-state index contributed by atoms with van der Waals surface area (Å²) in [6.45, 7) is 0.334. The third kappa shape index (κ3) is 2.37. The highest BCUT2D eigenvalue weighted by Gasteiger charge is 2.21. The smallest absolute Gasteiger partial charge is 0.158 e. The van der Waals surface area contributed by atoms with Gasteiger partial charge in [0.2, 0.25) is 0 Å². The summed E-state index contributed by atoms with van der Waals surface area (Å²) in [6, 6.07) is 6.09. The Morgan fingerprint density at radius 1 is 1.44 bits per heavy atom. The van der Waals surface area contributed by atoms with Crippen LogP contribution in [0.4, 0.5) is 0 Å². The number of nitrogens with zero attached hydrogens (tertiary/aromatic N) is 2. The van der Waals surface area contributed by atoms with E-state index in [2.05, 4.69) is 32.0 Å². The van der Waals surface area contributed by atoms with E-state index >= 15 is 0 Å². The molecule has 3 nitrogen and oxygen atoms in total. The van der Waals surface area contributed by atoms with Gasteiger partial charge in [-0.15, -0.1) is 11.3 Å². The van der Waals surface area contributed by atoms with Gasteiger partial charge in [0.1, 0.15) is 0 Å². The molecule has 1 unspecified atom stereocenters. The van der Waals surface area contributed by atoms with Gasteiger partial charge >= 0.3 is 0 Å². The zero-order valence-corrected chi connectivity index (χ0v) is 12.0. The Kier molecular flexibility index (Phi) is 3.26. The number of aromatic nitrogens is 1. The van der Waals surface area contributed by atoms with E-state index in [9.17, 15) is 4.79 Å². The molecule has 0 aliphatic carbocycles. The second-order valence-corrected chi connectivity index (χ2v) is 6.38. The normalized spacial score (nSPS) is 19.6. The van der Waals surface area contributed by atoms with E-state index in [0.717, 1.165) is 27.8 Å². The van der Waals surface area contributed by atoms with Gasteiger partial charge in [0.15, 0.2) is 5.78 Å². The van der Waals surface area contributed by atoms with Crippen molar-refractivity contribution in [1.29, 1.82) is 0 Å². The summed E-state index contributed by atoms with van der Waals surface area (Å²) in [4.78, 5) is 20.3. The molecule has 1 aromatic heterocycles. The lowest BCUT2D eigenvalue weighted by Crippen LogP contribution is -2.23. The van der Waals surface area contributed by atoms with Crippen molar-refractivity contribution in [3.05, 3.63) is 27.7 Å². The maximum atomic E-state index is 11.7. The molecule has 18 heavy (non-hydrogen) atoms. The fourth-order valence-electron chi connectivity index (χ4n) is 2.06. The Bertz CT molecular complexity index is 635. The second-order valence-electron chi connectivity index (χ2n) is 4.35. The van der Waals surface area contributed by atoms with E-state index in [1.54, 1.807) is 11.3 Å². The molecule has 0 N–H and O–H groups in total. The van der Waals surface area contributed by atoms with Crippen molar-refractivity contribution in [1.82, 2.24) is 4.98 Å². The van der Waals surface area contributed by atoms with Crippen LogP contribution < -0.4 is 0 Å². The molecule has 3 rings (SSSR count). The third-order valence-electron chi connectivity index (χ3n) is 3.04. The van der Waals surface area contributed by atoms with Gasteiger partial charge in [-0.1, -0.05) is 15.9 Å². The zero-order valence-electron chi connectivity index (χ0n) is 9.60. The van der Waals surface area contributed by atoms with Crippen molar-refractivity contribution in [2.45, 2.75) is 12.8 Å². The highest BCUT2D eigenvalue weighted by atomic mass is 79.9. The number of thiazole rings is 1. The van der Waals surface area contributed by atoms with Crippen molar-refractivity contribution in [3.8, 4) is 0 Å². The molecular formula is C13H11BrN2OS. The van der Waals surface area contributed by atoms with Gasteiger partial charge in [0.25, 0.3) is 0 Å². The van der Waals surface area contributed by atoms with Crippen molar-refractivity contribution < 1.29 is 4.79 Å². The molecule has 0 fully saturated rings. The van der Waals surface area contributed by atoms with E-state index in [-0.39, 0.29) is 11.7 Å². The SMILES string of the molecule is O=C1CN=CCC1Cc1nc2cc(Br)ccc2s1. The Labute approximate surface area is 117 Å². The number of benzene rings is 1. The lowest BCUT2D eigenvalue weighted by molar-refractivity contribution is -0.121. The van der Waals surface area contributed by atoms with Gasteiger partial charge in [-0.3, -0.25) is 9.79 Å². The lowest BCUT2D eigenvalue weighted by Gasteiger charge is -2.13. The maximum absolute atomic E-state index is 11.7. The Balaban J connectivity index is 1.86. The van der Waals surface area contributed by atoms with Crippen LogP contribution >= 0.6 is 27.3 Å². The molecule has 0 amide bonds. The van der Waals surface area contributed by atoms with Gasteiger partial charge in [0, 0.05) is 16.8 Å². The summed E-state index contributed by atoms with van der Waals surface area (Å²) in [6.07, 6.45) is 3.34. The number of rotatable bonds is 2. The van der Waals surface area contributed by atoms with Crippen LogP contribution in [0, 0.1) is 5.92 Å². The highest BCUT2D eigenvalue weighted by molar-refractivity contribution is 9.10. The molecule has 0 saturated heterocycles. The maximum Gasteiger partial charge on any atom is 0.158 e. The Morgan fingerprint density at radius 3 is 3.17 bits per heavy atom. The zero-order chi connectivity index (χ0) is 12.5. The standard InChI is InChI=1S/C13H11BrN2OS/c14-9-1-2-12-10(6-9)16-13(18-12)5-8-3-4-15-7-11(8)17/h1-2,4,6,8H,3,5,7H2. The number of hydrogen-bond donors (Lipinski definition) is 0. The number of Topliss-reactive ketones (excluding diaryl/α,β-unsaturated/α-hetero) is 1. The first-order valence-electron chi connectivity index (χ1n) is 5.78. The van der Waals surface area contributed by atoms with Crippen LogP contribution in [-0.4, -0.2) is 23.5 Å². The number of ketones is 1. The van der Waals surface area contributed by atoms with E-state index in [4.69, 9.17) is 0 Å². The van der Waals surface area contributed by atoms with Crippen LogP contribution in [0.15, 0.2) is 27.7 Å². The van der Waals surface area contributed by atoms with Crippen LogP contribution in [-0.2, 0) is 11.2 Å². The Morgan fingerprint density at radius 2 is 2.33 bits per heavy atom. The van der Waals surface area contributed by atoms with Crippen molar-refractivity contribution in [3.63, 3.8) is 0 Å². The molecule has 0 saturated carbocycles. The fourth-order valence-corrected chi connectivity index (χ4v) is 3.44. The molecule has 2 aromatic rings. The molecule has 92 valence electrons. The molecule has 5 heteroatoms. The van der Waals surface area contributed by atoms with E-state index in [0.29, 0.717) is 6.54 Å². The number of carbonyl (C=O) groups excluding carboxylic acids is 1. The molecule has 1 aliphatic heterocycles. The Hall–Kier alpha value is -1.07.